The molecule has 0 aliphatic heterocycles. The summed E-state index contributed by atoms with van der Waals surface area (Å²) in [7, 11) is 0. The summed E-state index contributed by atoms with van der Waals surface area (Å²) in [5.74, 6) is -0.497. The van der Waals surface area contributed by atoms with Crippen LogP contribution in [0.1, 0.15) is 5.82 Å². The molecule has 7 nitrogen and oxygen atoms in total. The Hall–Kier alpha value is -3.35. The van der Waals surface area contributed by atoms with Gasteiger partial charge in [-0.15, -0.1) is 15.3 Å². The van der Waals surface area contributed by atoms with Crippen molar-refractivity contribution in [2.45, 2.75) is 6.18 Å². The van der Waals surface area contributed by atoms with Crippen molar-refractivity contribution in [3.63, 3.8) is 0 Å². The SMILES string of the molecule is N#CCOc1ccc(Nc2ccc3nnc(C(F)(F)F)n3n2)cc1. The number of aromatic nitrogens is 4. The predicted octanol–water partition coefficient (Wildman–Crippen LogP) is 2.79. The van der Waals surface area contributed by atoms with Crippen LogP contribution >= 0.6 is 0 Å². The van der Waals surface area contributed by atoms with Gasteiger partial charge in [0.15, 0.2) is 18.1 Å². The van der Waals surface area contributed by atoms with Crippen molar-refractivity contribution >= 4 is 17.2 Å². The zero-order chi connectivity index (χ0) is 17.2. The van der Waals surface area contributed by atoms with Crippen molar-refractivity contribution in [3.05, 3.63) is 42.2 Å². The Balaban J connectivity index is 1.84. The number of alkyl halides is 3. The molecule has 24 heavy (non-hydrogen) atoms. The van der Waals surface area contributed by atoms with Crippen LogP contribution in [0, 0.1) is 11.3 Å². The molecule has 1 aromatic carbocycles. The van der Waals surface area contributed by atoms with Crippen molar-refractivity contribution in [2.75, 3.05) is 11.9 Å². The predicted molar refractivity (Wildman–Crippen MR) is 76.6 cm³/mol. The largest absolute Gasteiger partial charge is 0.479 e. The smallest absolute Gasteiger partial charge is 0.453 e. The topological polar surface area (TPSA) is 88.1 Å². The fourth-order valence-corrected chi connectivity index (χ4v) is 1.93. The molecule has 0 fully saturated rings. The van der Waals surface area contributed by atoms with E-state index in [0.717, 1.165) is 0 Å². The Bertz CT molecular complexity index is 897. The van der Waals surface area contributed by atoms with E-state index in [0.29, 0.717) is 16.0 Å². The summed E-state index contributed by atoms with van der Waals surface area (Å²) in [5, 5.41) is 21.7. The number of hydrogen-bond donors (Lipinski definition) is 1. The third kappa shape index (κ3) is 3.19. The number of anilines is 2. The molecule has 3 rings (SSSR count). The van der Waals surface area contributed by atoms with E-state index in [9.17, 15) is 13.2 Å². The van der Waals surface area contributed by atoms with Gasteiger partial charge in [0.05, 0.1) is 0 Å². The molecule has 122 valence electrons. The van der Waals surface area contributed by atoms with Gasteiger partial charge in [0.1, 0.15) is 11.8 Å². The summed E-state index contributed by atoms with van der Waals surface area (Å²) < 4.78 is 44.2. The lowest BCUT2D eigenvalue weighted by atomic mass is 10.3. The van der Waals surface area contributed by atoms with E-state index in [2.05, 4.69) is 20.6 Å². The van der Waals surface area contributed by atoms with Crippen molar-refractivity contribution < 1.29 is 17.9 Å². The molecule has 0 radical (unpaired) electrons. The van der Waals surface area contributed by atoms with Crippen molar-refractivity contribution in [3.8, 4) is 11.8 Å². The molecule has 0 atom stereocenters. The quantitative estimate of drug-likeness (QED) is 0.789. The summed E-state index contributed by atoms with van der Waals surface area (Å²) in [5.41, 5.74) is 0.584. The van der Waals surface area contributed by atoms with Crippen LogP contribution in [0.2, 0.25) is 0 Å². The average Bonchev–Trinajstić information content (AvgIpc) is 2.97. The van der Waals surface area contributed by atoms with E-state index in [1.807, 2.05) is 6.07 Å². The second-order valence-electron chi connectivity index (χ2n) is 4.61. The first-order chi connectivity index (χ1) is 11.5. The van der Waals surface area contributed by atoms with E-state index in [-0.39, 0.29) is 18.1 Å². The lowest BCUT2D eigenvalue weighted by Gasteiger charge is -2.08. The van der Waals surface area contributed by atoms with Gasteiger partial charge in [0.25, 0.3) is 5.82 Å². The summed E-state index contributed by atoms with van der Waals surface area (Å²) >= 11 is 0. The number of fused-ring (bicyclic) bond motifs is 1. The highest BCUT2D eigenvalue weighted by molar-refractivity contribution is 5.58. The second-order valence-corrected chi connectivity index (χ2v) is 4.61. The normalized spacial score (nSPS) is 11.2. The van der Waals surface area contributed by atoms with Crippen LogP contribution in [0.5, 0.6) is 5.75 Å². The Morgan fingerprint density at radius 3 is 2.54 bits per heavy atom. The Morgan fingerprint density at radius 2 is 1.88 bits per heavy atom. The maximum Gasteiger partial charge on any atom is 0.453 e. The van der Waals surface area contributed by atoms with Gasteiger partial charge in [-0.3, -0.25) is 0 Å². The first-order valence-corrected chi connectivity index (χ1v) is 6.64. The van der Waals surface area contributed by atoms with Crippen molar-refractivity contribution in [1.82, 2.24) is 19.8 Å². The lowest BCUT2D eigenvalue weighted by Crippen LogP contribution is -2.13. The third-order valence-electron chi connectivity index (χ3n) is 2.95. The van der Waals surface area contributed by atoms with E-state index < -0.39 is 12.0 Å². The van der Waals surface area contributed by atoms with Crippen molar-refractivity contribution in [2.24, 2.45) is 0 Å². The van der Waals surface area contributed by atoms with Gasteiger partial charge in [-0.25, -0.2) is 0 Å². The molecule has 1 N–H and O–H groups in total. The van der Waals surface area contributed by atoms with Crippen LogP contribution in [0.4, 0.5) is 24.7 Å². The number of hydrogen-bond acceptors (Lipinski definition) is 6. The van der Waals surface area contributed by atoms with Gasteiger partial charge in [0.2, 0.25) is 0 Å². The molecule has 0 unspecified atom stereocenters. The molecular weight excluding hydrogens is 325 g/mol. The molecule has 2 heterocycles. The number of ether oxygens (including phenoxy) is 1. The number of nitrogens with zero attached hydrogens (tertiary/aromatic N) is 5. The Morgan fingerprint density at radius 1 is 1.12 bits per heavy atom. The van der Waals surface area contributed by atoms with Gasteiger partial charge < -0.3 is 10.1 Å². The molecule has 10 heteroatoms. The summed E-state index contributed by atoms with van der Waals surface area (Å²) in [6.07, 6.45) is -4.65. The first-order valence-electron chi connectivity index (χ1n) is 6.64. The fraction of sp³-hybridized carbons (Fsp3) is 0.143. The summed E-state index contributed by atoms with van der Waals surface area (Å²) in [6, 6.07) is 11.3. The minimum absolute atomic E-state index is 0.00636. The zero-order valence-electron chi connectivity index (χ0n) is 11.9. The van der Waals surface area contributed by atoms with E-state index in [4.69, 9.17) is 10.00 Å². The van der Waals surface area contributed by atoms with Crippen LogP contribution in [-0.2, 0) is 6.18 Å². The molecule has 0 aliphatic rings. The number of rotatable bonds is 4. The third-order valence-corrected chi connectivity index (χ3v) is 2.95. The molecule has 0 spiro atoms. The first kappa shape index (κ1) is 15.5. The van der Waals surface area contributed by atoms with Crippen LogP contribution in [-0.4, -0.2) is 26.4 Å². The van der Waals surface area contributed by atoms with Gasteiger partial charge in [0, 0.05) is 5.69 Å². The number of halogens is 3. The minimum atomic E-state index is -4.65. The molecule has 0 saturated carbocycles. The number of nitrogens with one attached hydrogen (secondary N) is 1. The zero-order valence-corrected chi connectivity index (χ0v) is 11.9. The Kier molecular flexibility index (Phi) is 3.91. The maximum absolute atomic E-state index is 12.8. The van der Waals surface area contributed by atoms with E-state index in [1.165, 1.54) is 12.1 Å². The molecule has 0 aliphatic carbocycles. The Labute approximate surface area is 133 Å². The van der Waals surface area contributed by atoms with Crippen LogP contribution < -0.4 is 10.1 Å². The molecule has 0 bridgehead atoms. The van der Waals surface area contributed by atoms with Crippen LogP contribution in [0.3, 0.4) is 0 Å². The molecule has 3 aromatic rings. The standard InChI is InChI=1S/C14H9F3N6O/c15-14(16,17)13-21-20-12-6-5-11(22-23(12)13)19-9-1-3-10(4-2-9)24-8-7-18/h1-6H,8H2,(H,19,22). The number of benzene rings is 1. The van der Waals surface area contributed by atoms with Gasteiger partial charge >= 0.3 is 6.18 Å². The lowest BCUT2D eigenvalue weighted by molar-refractivity contribution is -0.146. The van der Waals surface area contributed by atoms with Gasteiger partial charge in [-0.1, -0.05) is 0 Å². The second kappa shape index (κ2) is 6.04. The van der Waals surface area contributed by atoms with Crippen molar-refractivity contribution in [1.29, 1.82) is 5.26 Å². The monoisotopic (exact) mass is 334 g/mol. The molecule has 0 saturated heterocycles. The molecular formula is C14H9F3N6O. The summed E-state index contributed by atoms with van der Waals surface area (Å²) in [4.78, 5) is 0. The average molecular weight is 334 g/mol. The van der Waals surface area contributed by atoms with Crippen LogP contribution in [0.25, 0.3) is 5.65 Å². The highest BCUT2D eigenvalue weighted by atomic mass is 19.4. The summed E-state index contributed by atoms with van der Waals surface area (Å²) in [6.45, 7) is -0.0706. The highest BCUT2D eigenvalue weighted by Crippen LogP contribution is 2.28. The fourth-order valence-electron chi connectivity index (χ4n) is 1.93. The van der Waals surface area contributed by atoms with Crippen LogP contribution in [0.15, 0.2) is 36.4 Å². The minimum Gasteiger partial charge on any atom is -0.479 e. The van der Waals surface area contributed by atoms with E-state index >= 15 is 0 Å². The molecule has 2 aromatic heterocycles. The highest BCUT2D eigenvalue weighted by Gasteiger charge is 2.37. The van der Waals surface area contributed by atoms with Gasteiger partial charge in [-0.05, 0) is 36.4 Å². The number of nitriles is 1. The van der Waals surface area contributed by atoms with Gasteiger partial charge in [-0.2, -0.15) is 22.9 Å². The van der Waals surface area contributed by atoms with E-state index in [1.54, 1.807) is 24.3 Å². The maximum atomic E-state index is 12.8. The molecule has 0 amide bonds.